The molecule has 1 aliphatic heterocycles. The van der Waals surface area contributed by atoms with Gasteiger partial charge in [0.15, 0.2) is 0 Å². The lowest BCUT2D eigenvalue weighted by Crippen LogP contribution is -2.23. The Bertz CT molecular complexity index is 325. The number of nitrogens with zero attached hydrogens (tertiary/aromatic N) is 1. The summed E-state index contributed by atoms with van der Waals surface area (Å²) in [5, 5.41) is 9.73. The van der Waals surface area contributed by atoms with Crippen LogP contribution >= 0.6 is 15.9 Å². The van der Waals surface area contributed by atoms with Gasteiger partial charge in [0.1, 0.15) is 23.7 Å². The van der Waals surface area contributed by atoms with Gasteiger partial charge >= 0.3 is 0 Å². The minimum absolute atomic E-state index is 0.284. The summed E-state index contributed by atoms with van der Waals surface area (Å²) in [4.78, 5) is 4.09. The van der Waals surface area contributed by atoms with Crippen LogP contribution < -0.4 is 4.74 Å². The normalized spacial score (nSPS) is 26.6. The second kappa shape index (κ2) is 2.44. The fourth-order valence-electron chi connectivity index (χ4n) is 1.22. The first kappa shape index (κ1) is 8.01. The van der Waals surface area contributed by atoms with E-state index in [2.05, 4.69) is 20.9 Å². The van der Waals surface area contributed by atoms with E-state index in [1.54, 1.807) is 13.1 Å². The van der Waals surface area contributed by atoms with Gasteiger partial charge in [0, 0.05) is 10.7 Å². The molecule has 0 saturated carbocycles. The van der Waals surface area contributed by atoms with E-state index in [0.29, 0.717) is 11.4 Å². The maximum atomic E-state index is 9.73. The van der Waals surface area contributed by atoms with Gasteiger partial charge in [-0.3, -0.25) is 4.98 Å². The van der Waals surface area contributed by atoms with Crippen molar-refractivity contribution >= 4 is 15.9 Å². The standard InChI is InChI=1S/C8H8BrNO2/c1-8(11)4-12-6-2-5(9)3-10-7(6)8/h2-3,11H,4H2,1H3. The third-order valence-electron chi connectivity index (χ3n) is 1.84. The average molecular weight is 230 g/mol. The van der Waals surface area contributed by atoms with Crippen LogP contribution in [0.2, 0.25) is 0 Å². The van der Waals surface area contributed by atoms with Gasteiger partial charge in [-0.2, -0.15) is 0 Å². The highest BCUT2D eigenvalue weighted by Crippen LogP contribution is 2.36. The second-order valence-electron chi connectivity index (χ2n) is 3.06. The molecule has 0 fully saturated rings. The molecule has 0 radical (unpaired) electrons. The molecule has 64 valence electrons. The SMILES string of the molecule is CC1(O)COc2cc(Br)cnc21. The topological polar surface area (TPSA) is 42.4 Å². The summed E-state index contributed by atoms with van der Waals surface area (Å²) in [5.74, 6) is 0.661. The molecule has 0 amide bonds. The molecule has 1 aromatic rings. The lowest BCUT2D eigenvalue weighted by molar-refractivity contribution is 0.0321. The van der Waals surface area contributed by atoms with Gasteiger partial charge in [0.05, 0.1) is 0 Å². The highest BCUT2D eigenvalue weighted by Gasteiger charge is 2.35. The van der Waals surface area contributed by atoms with Gasteiger partial charge in [-0.15, -0.1) is 0 Å². The van der Waals surface area contributed by atoms with Crippen molar-refractivity contribution in [1.82, 2.24) is 4.98 Å². The van der Waals surface area contributed by atoms with E-state index in [-0.39, 0.29) is 6.61 Å². The van der Waals surface area contributed by atoms with Gasteiger partial charge in [-0.05, 0) is 28.9 Å². The molecule has 0 aliphatic carbocycles. The fourth-order valence-corrected chi connectivity index (χ4v) is 1.53. The summed E-state index contributed by atoms with van der Waals surface area (Å²) < 4.78 is 6.11. The highest BCUT2D eigenvalue weighted by molar-refractivity contribution is 9.10. The van der Waals surface area contributed by atoms with Crippen molar-refractivity contribution in [2.75, 3.05) is 6.61 Å². The van der Waals surface area contributed by atoms with E-state index in [1.165, 1.54) is 0 Å². The minimum atomic E-state index is -0.934. The Kier molecular flexibility index (Phi) is 1.63. The number of rotatable bonds is 0. The predicted octanol–water partition coefficient (Wildman–Crippen LogP) is 1.44. The Morgan fingerprint density at radius 3 is 3.25 bits per heavy atom. The van der Waals surface area contributed by atoms with Crippen molar-refractivity contribution in [3.8, 4) is 5.75 Å². The summed E-state index contributed by atoms with van der Waals surface area (Å²) in [6.07, 6.45) is 1.65. The molecule has 1 unspecified atom stereocenters. The van der Waals surface area contributed by atoms with Crippen molar-refractivity contribution in [1.29, 1.82) is 0 Å². The molecular weight excluding hydrogens is 222 g/mol. The van der Waals surface area contributed by atoms with Crippen LogP contribution in [-0.2, 0) is 5.60 Å². The van der Waals surface area contributed by atoms with Crippen LogP contribution in [0.3, 0.4) is 0 Å². The maximum absolute atomic E-state index is 9.73. The third kappa shape index (κ3) is 1.11. The number of hydrogen-bond acceptors (Lipinski definition) is 3. The van der Waals surface area contributed by atoms with Gasteiger partial charge in [-0.25, -0.2) is 0 Å². The zero-order chi connectivity index (χ0) is 8.77. The maximum Gasteiger partial charge on any atom is 0.145 e. The number of aliphatic hydroxyl groups is 1. The predicted molar refractivity (Wildman–Crippen MR) is 47.0 cm³/mol. The number of fused-ring (bicyclic) bond motifs is 1. The summed E-state index contributed by atoms with van der Waals surface area (Å²) >= 11 is 3.28. The van der Waals surface area contributed by atoms with Crippen molar-refractivity contribution in [3.05, 3.63) is 22.4 Å². The Morgan fingerprint density at radius 2 is 2.50 bits per heavy atom. The van der Waals surface area contributed by atoms with E-state index in [0.717, 1.165) is 4.47 Å². The van der Waals surface area contributed by atoms with Gasteiger partial charge in [0.2, 0.25) is 0 Å². The fraction of sp³-hybridized carbons (Fsp3) is 0.375. The Morgan fingerprint density at radius 1 is 1.75 bits per heavy atom. The van der Waals surface area contributed by atoms with E-state index in [9.17, 15) is 5.11 Å². The van der Waals surface area contributed by atoms with E-state index < -0.39 is 5.60 Å². The van der Waals surface area contributed by atoms with E-state index in [1.807, 2.05) is 6.07 Å². The average Bonchev–Trinajstić information content (AvgIpc) is 2.27. The minimum Gasteiger partial charge on any atom is -0.488 e. The molecule has 1 atom stereocenters. The second-order valence-corrected chi connectivity index (χ2v) is 3.98. The summed E-state index contributed by atoms with van der Waals surface area (Å²) in [6.45, 7) is 1.98. The van der Waals surface area contributed by atoms with Crippen LogP contribution in [0.1, 0.15) is 12.6 Å². The quantitative estimate of drug-likeness (QED) is 0.733. The van der Waals surface area contributed by atoms with Gasteiger partial charge < -0.3 is 9.84 Å². The highest BCUT2D eigenvalue weighted by atomic mass is 79.9. The number of pyridine rings is 1. The van der Waals surface area contributed by atoms with Crippen LogP contribution in [-0.4, -0.2) is 16.7 Å². The number of aromatic nitrogens is 1. The lowest BCUT2D eigenvalue weighted by atomic mass is 10.1. The Balaban J connectivity index is 2.55. The van der Waals surface area contributed by atoms with Crippen LogP contribution in [0.15, 0.2) is 16.7 Å². The molecule has 1 N–H and O–H groups in total. The molecule has 1 aromatic heterocycles. The molecule has 3 nitrogen and oxygen atoms in total. The van der Waals surface area contributed by atoms with Crippen LogP contribution in [0.5, 0.6) is 5.75 Å². The smallest absolute Gasteiger partial charge is 0.145 e. The molecule has 0 spiro atoms. The Hall–Kier alpha value is -0.610. The molecule has 4 heteroatoms. The van der Waals surface area contributed by atoms with Crippen molar-refractivity contribution in [2.45, 2.75) is 12.5 Å². The van der Waals surface area contributed by atoms with E-state index >= 15 is 0 Å². The molecule has 12 heavy (non-hydrogen) atoms. The number of halogens is 1. The zero-order valence-electron chi connectivity index (χ0n) is 6.54. The van der Waals surface area contributed by atoms with Crippen molar-refractivity contribution in [3.63, 3.8) is 0 Å². The largest absolute Gasteiger partial charge is 0.488 e. The van der Waals surface area contributed by atoms with Crippen LogP contribution in [0, 0.1) is 0 Å². The molecule has 2 rings (SSSR count). The van der Waals surface area contributed by atoms with Crippen molar-refractivity contribution < 1.29 is 9.84 Å². The summed E-state index contributed by atoms with van der Waals surface area (Å²) in [7, 11) is 0. The molecular formula is C8H8BrNO2. The number of hydrogen-bond donors (Lipinski definition) is 1. The molecule has 0 bridgehead atoms. The monoisotopic (exact) mass is 229 g/mol. The van der Waals surface area contributed by atoms with Gasteiger partial charge in [0.25, 0.3) is 0 Å². The first-order chi connectivity index (χ1) is 5.59. The molecule has 1 aliphatic rings. The summed E-state index contributed by atoms with van der Waals surface area (Å²) in [6, 6.07) is 1.81. The van der Waals surface area contributed by atoms with Crippen LogP contribution in [0.4, 0.5) is 0 Å². The molecule has 0 aromatic carbocycles. The Labute approximate surface area is 78.5 Å². The number of ether oxygens (including phenoxy) is 1. The lowest BCUT2D eigenvalue weighted by Gasteiger charge is -2.11. The first-order valence-corrected chi connectivity index (χ1v) is 4.40. The third-order valence-corrected chi connectivity index (χ3v) is 2.27. The van der Waals surface area contributed by atoms with Crippen molar-refractivity contribution in [2.24, 2.45) is 0 Å². The van der Waals surface area contributed by atoms with Crippen LogP contribution in [0.25, 0.3) is 0 Å². The van der Waals surface area contributed by atoms with E-state index in [4.69, 9.17) is 4.74 Å². The summed E-state index contributed by atoms with van der Waals surface area (Å²) in [5.41, 5.74) is -0.318. The first-order valence-electron chi connectivity index (χ1n) is 3.61. The molecule has 2 heterocycles. The zero-order valence-corrected chi connectivity index (χ0v) is 8.13. The molecule has 0 saturated heterocycles. The van der Waals surface area contributed by atoms with Gasteiger partial charge in [-0.1, -0.05) is 0 Å².